The number of amides is 1. The maximum Gasteiger partial charge on any atom is 0.257 e. The van der Waals surface area contributed by atoms with E-state index in [-0.39, 0.29) is 12.0 Å². The number of anilines is 3. The van der Waals surface area contributed by atoms with Crippen LogP contribution in [0.5, 0.6) is 0 Å². The number of nitrogens with one attached hydrogen (secondary N) is 2. The van der Waals surface area contributed by atoms with E-state index in [4.69, 9.17) is 10.5 Å². The van der Waals surface area contributed by atoms with Crippen LogP contribution in [0.3, 0.4) is 0 Å². The highest BCUT2D eigenvalue weighted by Crippen LogP contribution is 2.21. The maximum atomic E-state index is 14.2. The zero-order valence-electron chi connectivity index (χ0n) is 13.2. The number of nitrogen functional groups attached to an aromatic ring is 1. The average molecular weight is 329 g/mol. The summed E-state index contributed by atoms with van der Waals surface area (Å²) in [5, 5.41) is 5.70. The van der Waals surface area contributed by atoms with Crippen molar-refractivity contribution in [2.24, 2.45) is 0 Å². The highest BCUT2D eigenvalue weighted by molar-refractivity contribution is 6.07. The van der Waals surface area contributed by atoms with E-state index < -0.39 is 5.82 Å². The normalized spacial score (nSPS) is 16.8. The number of hydrogen-bond donors (Lipinski definition) is 3. The Balaban J connectivity index is 1.63. The number of carbonyl (C=O) groups excluding carboxylic acids is 1. The molecule has 1 aliphatic rings. The van der Waals surface area contributed by atoms with Gasteiger partial charge in [0.1, 0.15) is 5.82 Å². The van der Waals surface area contributed by atoms with Gasteiger partial charge in [-0.2, -0.15) is 0 Å². The molecular weight excluding hydrogens is 309 g/mol. The van der Waals surface area contributed by atoms with E-state index >= 15 is 0 Å². The van der Waals surface area contributed by atoms with Crippen LogP contribution in [0.1, 0.15) is 23.2 Å². The van der Waals surface area contributed by atoms with Gasteiger partial charge in [0, 0.05) is 24.5 Å². The van der Waals surface area contributed by atoms with Crippen molar-refractivity contribution >= 4 is 23.0 Å². The molecule has 1 amide bonds. The van der Waals surface area contributed by atoms with Crippen LogP contribution < -0.4 is 16.4 Å². The Labute approximate surface area is 140 Å². The van der Waals surface area contributed by atoms with E-state index in [1.165, 1.54) is 6.07 Å². The molecule has 24 heavy (non-hydrogen) atoms. The Morgan fingerprint density at radius 1 is 1.29 bits per heavy atom. The fraction of sp³-hybridized carbons (Fsp3) is 0.278. The fourth-order valence-corrected chi connectivity index (χ4v) is 2.67. The lowest BCUT2D eigenvalue weighted by Gasteiger charge is -2.13. The molecule has 2 aromatic rings. The van der Waals surface area contributed by atoms with Crippen molar-refractivity contribution in [1.82, 2.24) is 0 Å². The first kappa shape index (κ1) is 16.3. The van der Waals surface area contributed by atoms with Crippen molar-refractivity contribution in [3.63, 3.8) is 0 Å². The second-order valence-electron chi connectivity index (χ2n) is 5.75. The zero-order chi connectivity index (χ0) is 16.9. The molecule has 1 aliphatic heterocycles. The van der Waals surface area contributed by atoms with E-state index in [2.05, 4.69) is 10.6 Å². The van der Waals surface area contributed by atoms with Crippen LogP contribution in [0.2, 0.25) is 0 Å². The SMILES string of the molecule is Nc1ccccc1C(=O)Nc1ccc(NCC2CCCO2)c(F)c1. The van der Waals surface area contributed by atoms with Gasteiger partial charge in [0.15, 0.2) is 0 Å². The Bertz CT molecular complexity index is 730. The summed E-state index contributed by atoms with van der Waals surface area (Å²) in [5.41, 5.74) is 7.28. The van der Waals surface area contributed by atoms with Gasteiger partial charge in [-0.05, 0) is 43.2 Å². The van der Waals surface area contributed by atoms with Crippen LogP contribution >= 0.6 is 0 Å². The van der Waals surface area contributed by atoms with E-state index in [1.807, 2.05) is 0 Å². The number of benzene rings is 2. The third-order valence-electron chi connectivity index (χ3n) is 3.98. The molecular formula is C18H20FN3O2. The molecule has 1 heterocycles. The summed E-state index contributed by atoms with van der Waals surface area (Å²) >= 11 is 0. The van der Waals surface area contributed by atoms with Crippen molar-refractivity contribution in [2.45, 2.75) is 18.9 Å². The van der Waals surface area contributed by atoms with Crippen LogP contribution in [0.25, 0.3) is 0 Å². The minimum Gasteiger partial charge on any atom is -0.398 e. The van der Waals surface area contributed by atoms with Crippen molar-refractivity contribution in [2.75, 3.05) is 29.5 Å². The molecule has 6 heteroatoms. The highest BCUT2D eigenvalue weighted by Gasteiger charge is 2.16. The molecule has 1 fully saturated rings. The summed E-state index contributed by atoms with van der Waals surface area (Å²) in [7, 11) is 0. The predicted molar refractivity (Wildman–Crippen MR) is 92.7 cm³/mol. The van der Waals surface area contributed by atoms with Crippen molar-refractivity contribution in [3.05, 3.63) is 53.8 Å². The minimum absolute atomic E-state index is 0.129. The molecule has 1 unspecified atom stereocenters. The summed E-state index contributed by atoms with van der Waals surface area (Å²) in [6, 6.07) is 11.3. The lowest BCUT2D eigenvalue weighted by molar-refractivity contribution is 0.102. The van der Waals surface area contributed by atoms with Crippen LogP contribution in [-0.2, 0) is 4.74 Å². The first-order valence-corrected chi connectivity index (χ1v) is 7.94. The average Bonchev–Trinajstić information content (AvgIpc) is 3.08. The molecule has 1 saturated heterocycles. The van der Waals surface area contributed by atoms with Gasteiger partial charge in [-0.3, -0.25) is 4.79 Å². The fourth-order valence-electron chi connectivity index (χ4n) is 2.67. The molecule has 2 aromatic carbocycles. The topological polar surface area (TPSA) is 76.4 Å². The Hall–Kier alpha value is -2.60. The number of nitrogens with two attached hydrogens (primary N) is 1. The minimum atomic E-state index is -0.424. The van der Waals surface area contributed by atoms with E-state index in [0.29, 0.717) is 29.2 Å². The molecule has 1 atom stereocenters. The largest absolute Gasteiger partial charge is 0.398 e. The van der Waals surface area contributed by atoms with Gasteiger partial charge >= 0.3 is 0 Å². The predicted octanol–water partition coefficient (Wildman–Crippen LogP) is 3.25. The van der Waals surface area contributed by atoms with Crippen LogP contribution in [0.4, 0.5) is 21.5 Å². The van der Waals surface area contributed by atoms with E-state index in [1.54, 1.807) is 36.4 Å². The van der Waals surface area contributed by atoms with Gasteiger partial charge in [-0.15, -0.1) is 0 Å². The number of carbonyl (C=O) groups is 1. The molecule has 126 valence electrons. The van der Waals surface area contributed by atoms with Crippen LogP contribution in [-0.4, -0.2) is 25.2 Å². The molecule has 0 aliphatic carbocycles. The Kier molecular flexibility index (Phi) is 4.96. The van der Waals surface area contributed by atoms with Gasteiger partial charge in [-0.25, -0.2) is 4.39 Å². The first-order valence-electron chi connectivity index (χ1n) is 7.94. The van der Waals surface area contributed by atoms with E-state index in [0.717, 1.165) is 19.4 Å². The molecule has 0 aromatic heterocycles. The number of para-hydroxylation sites is 1. The first-order chi connectivity index (χ1) is 11.6. The smallest absolute Gasteiger partial charge is 0.257 e. The standard InChI is InChI=1S/C18H20FN3O2/c19-15-10-12(22-18(23)14-5-1-2-6-16(14)20)7-8-17(15)21-11-13-4-3-9-24-13/h1-2,5-8,10,13,21H,3-4,9,11,20H2,(H,22,23). The van der Waals surface area contributed by atoms with Crippen LogP contribution in [0.15, 0.2) is 42.5 Å². The quantitative estimate of drug-likeness (QED) is 0.736. The molecule has 0 bridgehead atoms. The molecule has 0 saturated carbocycles. The second kappa shape index (κ2) is 7.31. The summed E-state index contributed by atoms with van der Waals surface area (Å²) in [6.07, 6.45) is 2.16. The molecule has 0 radical (unpaired) electrons. The summed E-state index contributed by atoms with van der Waals surface area (Å²) in [4.78, 5) is 12.2. The third-order valence-corrected chi connectivity index (χ3v) is 3.98. The lowest BCUT2D eigenvalue weighted by atomic mass is 10.1. The number of halogens is 1. The molecule has 4 N–H and O–H groups in total. The third kappa shape index (κ3) is 3.83. The highest BCUT2D eigenvalue weighted by atomic mass is 19.1. The van der Waals surface area contributed by atoms with Crippen LogP contribution in [0, 0.1) is 5.82 Å². The van der Waals surface area contributed by atoms with Gasteiger partial charge < -0.3 is 21.1 Å². The van der Waals surface area contributed by atoms with Crippen molar-refractivity contribution in [3.8, 4) is 0 Å². The molecule has 0 spiro atoms. The number of rotatable bonds is 5. The van der Waals surface area contributed by atoms with Gasteiger partial charge in [0.25, 0.3) is 5.91 Å². The summed E-state index contributed by atoms with van der Waals surface area (Å²) in [5.74, 6) is -0.792. The van der Waals surface area contributed by atoms with Gasteiger partial charge in [-0.1, -0.05) is 12.1 Å². The summed E-state index contributed by atoms with van der Waals surface area (Å²) in [6.45, 7) is 1.34. The molecule has 5 nitrogen and oxygen atoms in total. The lowest BCUT2D eigenvalue weighted by Crippen LogP contribution is -2.19. The number of ether oxygens (including phenoxy) is 1. The van der Waals surface area contributed by atoms with E-state index in [9.17, 15) is 9.18 Å². The van der Waals surface area contributed by atoms with Gasteiger partial charge in [0.2, 0.25) is 0 Å². The monoisotopic (exact) mass is 329 g/mol. The Morgan fingerprint density at radius 3 is 2.83 bits per heavy atom. The van der Waals surface area contributed by atoms with Gasteiger partial charge in [0.05, 0.1) is 17.4 Å². The summed E-state index contributed by atoms with van der Waals surface area (Å²) < 4.78 is 19.7. The van der Waals surface area contributed by atoms with Crippen molar-refractivity contribution < 1.29 is 13.9 Å². The second-order valence-corrected chi connectivity index (χ2v) is 5.75. The zero-order valence-corrected chi connectivity index (χ0v) is 13.2. The maximum absolute atomic E-state index is 14.2. The Morgan fingerprint density at radius 2 is 2.12 bits per heavy atom. The van der Waals surface area contributed by atoms with Crippen molar-refractivity contribution in [1.29, 1.82) is 0 Å². The molecule has 3 rings (SSSR count). The number of hydrogen-bond acceptors (Lipinski definition) is 4.